The fourth-order valence-electron chi connectivity index (χ4n) is 2.53. The second-order valence-electron chi connectivity index (χ2n) is 7.59. The molecule has 0 aromatic rings. The Morgan fingerprint density at radius 1 is 0.906 bits per heavy atom. The highest BCUT2D eigenvalue weighted by Crippen LogP contribution is 2.06. The van der Waals surface area contributed by atoms with Crippen molar-refractivity contribution in [2.75, 3.05) is 6.54 Å². The predicted molar refractivity (Wildman–Crippen MR) is 116 cm³/mol. The number of aliphatic imine (C=N–C) groups is 1. The maximum absolute atomic E-state index is 12.6. The highest BCUT2D eigenvalue weighted by molar-refractivity contribution is 5.94. The monoisotopic (exact) mass is 458 g/mol. The minimum Gasteiger partial charge on any atom is -0.480 e. The molecule has 4 amide bonds. The second-order valence-corrected chi connectivity index (χ2v) is 7.59. The summed E-state index contributed by atoms with van der Waals surface area (Å²) in [5.74, 6) is -4.70. The first-order chi connectivity index (χ1) is 14.8. The highest BCUT2D eigenvalue weighted by atomic mass is 16.4. The summed E-state index contributed by atoms with van der Waals surface area (Å²) in [6.45, 7) is 4.88. The van der Waals surface area contributed by atoms with Gasteiger partial charge in [0.05, 0.1) is 12.5 Å². The van der Waals surface area contributed by atoms with Gasteiger partial charge in [-0.2, -0.15) is 0 Å². The van der Waals surface area contributed by atoms with Gasteiger partial charge in [0.2, 0.25) is 23.6 Å². The summed E-state index contributed by atoms with van der Waals surface area (Å²) in [4.78, 5) is 63.1. The number of carboxylic acid groups (broad SMARTS) is 1. The lowest BCUT2D eigenvalue weighted by atomic mass is 10.0. The lowest BCUT2D eigenvalue weighted by Crippen LogP contribution is -2.57. The van der Waals surface area contributed by atoms with Crippen LogP contribution in [0.5, 0.6) is 0 Å². The number of nitrogens with zero attached hydrogens (tertiary/aromatic N) is 1. The average Bonchev–Trinajstić information content (AvgIpc) is 2.66. The van der Waals surface area contributed by atoms with E-state index in [1.54, 1.807) is 13.8 Å². The molecule has 182 valence electrons. The Labute approximate surface area is 185 Å². The molecule has 0 saturated heterocycles. The van der Waals surface area contributed by atoms with E-state index < -0.39 is 66.1 Å². The smallest absolute Gasteiger partial charge is 0.326 e. The van der Waals surface area contributed by atoms with Crippen LogP contribution in [0, 0.1) is 5.92 Å². The van der Waals surface area contributed by atoms with Crippen molar-refractivity contribution in [3.05, 3.63) is 0 Å². The summed E-state index contributed by atoms with van der Waals surface area (Å²) in [5.41, 5.74) is 20.9. The average molecular weight is 459 g/mol. The number of carboxylic acids is 1. The number of hydrogen-bond acceptors (Lipinski definition) is 7. The Bertz CT molecular complexity index is 722. The van der Waals surface area contributed by atoms with E-state index >= 15 is 0 Å². The van der Waals surface area contributed by atoms with E-state index in [9.17, 15) is 29.1 Å². The van der Waals surface area contributed by atoms with Crippen LogP contribution in [0.4, 0.5) is 0 Å². The van der Waals surface area contributed by atoms with E-state index in [0.717, 1.165) is 0 Å². The van der Waals surface area contributed by atoms with Crippen LogP contribution in [-0.2, 0) is 24.0 Å². The van der Waals surface area contributed by atoms with Crippen molar-refractivity contribution in [3.63, 3.8) is 0 Å². The van der Waals surface area contributed by atoms with Crippen molar-refractivity contribution in [1.82, 2.24) is 16.0 Å². The van der Waals surface area contributed by atoms with Gasteiger partial charge < -0.3 is 44.0 Å². The summed E-state index contributed by atoms with van der Waals surface area (Å²) in [7, 11) is 0. The van der Waals surface area contributed by atoms with Crippen molar-refractivity contribution < 1.29 is 29.1 Å². The summed E-state index contributed by atoms with van der Waals surface area (Å²) in [6.07, 6.45) is -0.0136. The third kappa shape index (κ3) is 11.1. The molecule has 0 bridgehead atoms. The van der Waals surface area contributed by atoms with E-state index in [0.29, 0.717) is 6.42 Å². The van der Waals surface area contributed by atoms with Gasteiger partial charge in [-0.15, -0.1) is 0 Å². The topological polar surface area (TPSA) is 258 Å². The molecule has 4 atom stereocenters. The Morgan fingerprint density at radius 2 is 1.50 bits per heavy atom. The van der Waals surface area contributed by atoms with Crippen molar-refractivity contribution in [3.8, 4) is 0 Å². The molecule has 0 spiro atoms. The Balaban J connectivity index is 5.01. The number of nitrogens with one attached hydrogen (secondary N) is 3. The normalized spacial score (nSPS) is 14.4. The van der Waals surface area contributed by atoms with Crippen LogP contribution in [0.25, 0.3) is 0 Å². The van der Waals surface area contributed by atoms with E-state index in [1.807, 2.05) is 0 Å². The van der Waals surface area contributed by atoms with Gasteiger partial charge in [-0.05, 0) is 25.7 Å². The van der Waals surface area contributed by atoms with E-state index in [4.69, 9.17) is 22.9 Å². The second kappa shape index (κ2) is 13.8. The van der Waals surface area contributed by atoms with Gasteiger partial charge in [0, 0.05) is 6.54 Å². The summed E-state index contributed by atoms with van der Waals surface area (Å²) in [6, 6.07) is -4.58. The SMILES string of the molecule is CC(NC(=O)C(N)CC(N)=O)C(=O)NC(C(=O)NC(CCCN=C(N)N)C(=O)O)C(C)C. The standard InChI is InChI=1S/C18H34N8O6/c1-8(2)13(16(30)25-11(17(31)32)5-4-6-23-18(21)22)26-14(28)9(3)24-15(29)10(19)7-12(20)27/h8-11,13H,4-7,19H2,1-3H3,(H2,20,27)(H,24,29)(H,25,30)(H,26,28)(H,31,32)(H4,21,22,23). The fraction of sp³-hybridized carbons (Fsp3) is 0.667. The van der Waals surface area contributed by atoms with Gasteiger partial charge in [0.25, 0.3) is 0 Å². The van der Waals surface area contributed by atoms with Crippen molar-refractivity contribution in [1.29, 1.82) is 0 Å². The Morgan fingerprint density at radius 3 is 1.97 bits per heavy atom. The molecular formula is C18H34N8O6. The molecule has 4 unspecified atom stereocenters. The molecule has 0 saturated carbocycles. The molecule has 0 rings (SSSR count). The molecule has 14 heteroatoms. The van der Waals surface area contributed by atoms with Crippen molar-refractivity contribution >= 4 is 35.6 Å². The zero-order valence-corrected chi connectivity index (χ0v) is 18.5. The van der Waals surface area contributed by atoms with Crippen LogP contribution in [0.15, 0.2) is 4.99 Å². The molecule has 0 aromatic heterocycles. The summed E-state index contributed by atoms with van der Waals surface area (Å²) >= 11 is 0. The van der Waals surface area contributed by atoms with Crippen molar-refractivity contribution in [2.24, 2.45) is 33.8 Å². The maximum atomic E-state index is 12.6. The number of carbonyl (C=O) groups excluding carboxylic acids is 4. The number of aliphatic carboxylic acids is 1. The zero-order chi connectivity index (χ0) is 25.0. The van der Waals surface area contributed by atoms with Crippen LogP contribution in [0.2, 0.25) is 0 Å². The number of carbonyl (C=O) groups is 5. The Kier molecular flexibility index (Phi) is 12.3. The minimum atomic E-state index is -1.25. The fourth-order valence-corrected chi connectivity index (χ4v) is 2.53. The third-order valence-corrected chi connectivity index (χ3v) is 4.32. The molecule has 32 heavy (non-hydrogen) atoms. The molecule has 12 N–H and O–H groups in total. The van der Waals surface area contributed by atoms with Crippen LogP contribution in [0.1, 0.15) is 40.0 Å². The van der Waals surface area contributed by atoms with Crippen LogP contribution in [0.3, 0.4) is 0 Å². The van der Waals surface area contributed by atoms with E-state index in [-0.39, 0.29) is 18.9 Å². The number of amides is 4. The third-order valence-electron chi connectivity index (χ3n) is 4.32. The van der Waals surface area contributed by atoms with Crippen LogP contribution in [-0.4, -0.2) is 71.4 Å². The number of primary amides is 1. The minimum absolute atomic E-state index is 0.0703. The van der Waals surface area contributed by atoms with E-state index in [1.165, 1.54) is 6.92 Å². The van der Waals surface area contributed by atoms with E-state index in [2.05, 4.69) is 20.9 Å². The van der Waals surface area contributed by atoms with Crippen LogP contribution < -0.4 is 38.9 Å². The first-order valence-electron chi connectivity index (χ1n) is 9.99. The number of nitrogens with two attached hydrogens (primary N) is 4. The van der Waals surface area contributed by atoms with Gasteiger partial charge in [0.15, 0.2) is 5.96 Å². The summed E-state index contributed by atoms with van der Waals surface area (Å²) < 4.78 is 0. The van der Waals surface area contributed by atoms with Crippen molar-refractivity contribution in [2.45, 2.75) is 64.2 Å². The number of hydrogen-bond donors (Lipinski definition) is 8. The lowest BCUT2D eigenvalue weighted by Gasteiger charge is -2.26. The van der Waals surface area contributed by atoms with Gasteiger partial charge in [-0.3, -0.25) is 24.2 Å². The first kappa shape index (κ1) is 28.6. The molecule has 0 aliphatic heterocycles. The highest BCUT2D eigenvalue weighted by Gasteiger charge is 2.30. The van der Waals surface area contributed by atoms with Gasteiger partial charge in [0.1, 0.15) is 18.1 Å². The zero-order valence-electron chi connectivity index (χ0n) is 18.5. The van der Waals surface area contributed by atoms with Gasteiger partial charge >= 0.3 is 5.97 Å². The molecule has 0 radical (unpaired) electrons. The Hall–Kier alpha value is -3.42. The molecule has 0 heterocycles. The predicted octanol–water partition coefficient (Wildman–Crippen LogP) is -3.54. The molecular weight excluding hydrogens is 424 g/mol. The van der Waals surface area contributed by atoms with Crippen LogP contribution >= 0.6 is 0 Å². The van der Waals surface area contributed by atoms with Gasteiger partial charge in [-0.1, -0.05) is 13.8 Å². The lowest BCUT2D eigenvalue weighted by molar-refractivity contribution is -0.142. The molecule has 14 nitrogen and oxygen atoms in total. The molecule has 0 aliphatic rings. The first-order valence-corrected chi connectivity index (χ1v) is 9.99. The van der Waals surface area contributed by atoms with Gasteiger partial charge in [-0.25, -0.2) is 4.79 Å². The number of rotatable bonds is 14. The quantitative estimate of drug-likeness (QED) is 0.0726. The molecule has 0 fully saturated rings. The maximum Gasteiger partial charge on any atom is 0.326 e. The molecule has 0 aromatic carbocycles. The molecule has 0 aliphatic carbocycles. The largest absolute Gasteiger partial charge is 0.480 e. The number of guanidine groups is 1. The summed E-state index contributed by atoms with van der Waals surface area (Å²) in [5, 5.41) is 16.6.